The zero-order valence-corrected chi connectivity index (χ0v) is 6.52. The first-order valence-electron chi connectivity index (χ1n) is 4.16. The van der Waals surface area contributed by atoms with Gasteiger partial charge in [-0.25, -0.2) is 0 Å². The van der Waals surface area contributed by atoms with Crippen LogP contribution < -0.4 is 5.32 Å². The van der Waals surface area contributed by atoms with Crippen molar-refractivity contribution in [2.45, 2.75) is 37.8 Å². The quantitative estimate of drug-likeness (QED) is 0.541. The van der Waals surface area contributed by atoms with E-state index in [1.54, 1.807) is 0 Å². The molecule has 2 rings (SSSR count). The van der Waals surface area contributed by atoms with E-state index in [9.17, 15) is 0 Å². The molecule has 0 aromatic heterocycles. The lowest BCUT2D eigenvalue weighted by molar-refractivity contribution is 0.171. The monoisotopic (exact) mass is 141 g/mol. The van der Waals surface area contributed by atoms with E-state index in [1.807, 2.05) is 0 Å². The summed E-state index contributed by atoms with van der Waals surface area (Å²) < 4.78 is 5.37. The van der Waals surface area contributed by atoms with E-state index >= 15 is 0 Å². The van der Waals surface area contributed by atoms with Gasteiger partial charge < -0.3 is 10.1 Å². The van der Waals surface area contributed by atoms with E-state index in [0.29, 0.717) is 11.6 Å². The molecule has 0 saturated carbocycles. The molecule has 0 aliphatic carbocycles. The Morgan fingerprint density at radius 3 is 2.90 bits per heavy atom. The SMILES string of the molecule is CC1CC[C@]2(CCOC2)N1. The van der Waals surface area contributed by atoms with Gasteiger partial charge >= 0.3 is 0 Å². The largest absolute Gasteiger partial charge is 0.379 e. The van der Waals surface area contributed by atoms with Crippen LogP contribution in [0.1, 0.15) is 26.2 Å². The van der Waals surface area contributed by atoms with Gasteiger partial charge in [-0.2, -0.15) is 0 Å². The van der Waals surface area contributed by atoms with Gasteiger partial charge in [0.15, 0.2) is 0 Å². The summed E-state index contributed by atoms with van der Waals surface area (Å²) in [5.41, 5.74) is 0.388. The third-order valence-corrected chi connectivity index (χ3v) is 2.71. The molecular weight excluding hydrogens is 126 g/mol. The van der Waals surface area contributed by atoms with Crippen molar-refractivity contribution >= 4 is 0 Å². The predicted octanol–water partition coefficient (Wildman–Crippen LogP) is 0.917. The lowest BCUT2D eigenvalue weighted by Crippen LogP contribution is -2.42. The second-order valence-corrected chi connectivity index (χ2v) is 3.67. The smallest absolute Gasteiger partial charge is 0.0649 e. The number of nitrogens with one attached hydrogen (secondary N) is 1. The zero-order valence-electron chi connectivity index (χ0n) is 6.52. The third kappa shape index (κ3) is 0.956. The van der Waals surface area contributed by atoms with Crippen LogP contribution in [0.3, 0.4) is 0 Å². The normalized spacial score (nSPS) is 47.1. The van der Waals surface area contributed by atoms with Crippen LogP contribution in [0, 0.1) is 0 Å². The van der Waals surface area contributed by atoms with Crippen molar-refractivity contribution in [3.63, 3.8) is 0 Å². The molecule has 10 heavy (non-hydrogen) atoms. The minimum Gasteiger partial charge on any atom is -0.379 e. The fourth-order valence-corrected chi connectivity index (χ4v) is 2.08. The van der Waals surface area contributed by atoms with Gasteiger partial charge in [-0.15, -0.1) is 0 Å². The van der Waals surface area contributed by atoms with Crippen LogP contribution in [0.15, 0.2) is 0 Å². The Labute approximate surface area is 61.9 Å². The molecule has 2 nitrogen and oxygen atoms in total. The minimum absolute atomic E-state index is 0.388. The molecule has 0 bridgehead atoms. The van der Waals surface area contributed by atoms with Crippen LogP contribution in [-0.2, 0) is 4.74 Å². The fourth-order valence-electron chi connectivity index (χ4n) is 2.08. The van der Waals surface area contributed by atoms with E-state index in [2.05, 4.69) is 12.2 Å². The summed E-state index contributed by atoms with van der Waals surface area (Å²) in [6.07, 6.45) is 3.86. The molecular formula is C8H15NO. The van der Waals surface area contributed by atoms with Crippen molar-refractivity contribution in [2.75, 3.05) is 13.2 Å². The highest BCUT2D eigenvalue weighted by Gasteiger charge is 2.39. The maximum absolute atomic E-state index is 5.37. The van der Waals surface area contributed by atoms with E-state index < -0.39 is 0 Å². The Morgan fingerprint density at radius 1 is 1.50 bits per heavy atom. The molecule has 1 unspecified atom stereocenters. The predicted molar refractivity (Wildman–Crippen MR) is 40.0 cm³/mol. The Balaban J connectivity index is 2.03. The van der Waals surface area contributed by atoms with Crippen molar-refractivity contribution in [1.29, 1.82) is 0 Å². The third-order valence-electron chi connectivity index (χ3n) is 2.71. The van der Waals surface area contributed by atoms with Gasteiger partial charge in [0.05, 0.1) is 6.61 Å². The maximum Gasteiger partial charge on any atom is 0.0649 e. The van der Waals surface area contributed by atoms with E-state index in [4.69, 9.17) is 4.74 Å². The highest BCUT2D eigenvalue weighted by Crippen LogP contribution is 2.30. The first-order valence-corrected chi connectivity index (χ1v) is 4.16. The molecule has 2 atom stereocenters. The lowest BCUT2D eigenvalue weighted by Gasteiger charge is -2.21. The second-order valence-electron chi connectivity index (χ2n) is 3.67. The van der Waals surface area contributed by atoms with Gasteiger partial charge in [0.25, 0.3) is 0 Å². The van der Waals surface area contributed by atoms with Crippen LogP contribution in [-0.4, -0.2) is 24.8 Å². The molecule has 2 heteroatoms. The molecule has 58 valence electrons. The summed E-state index contributed by atoms with van der Waals surface area (Å²) in [4.78, 5) is 0. The number of hydrogen-bond acceptors (Lipinski definition) is 2. The Bertz CT molecular complexity index is 129. The number of hydrogen-bond donors (Lipinski definition) is 1. The number of rotatable bonds is 0. The van der Waals surface area contributed by atoms with Gasteiger partial charge in [-0.05, 0) is 26.2 Å². The topological polar surface area (TPSA) is 21.3 Å². The van der Waals surface area contributed by atoms with Gasteiger partial charge in [-0.1, -0.05) is 0 Å². The van der Waals surface area contributed by atoms with E-state index in [1.165, 1.54) is 19.3 Å². The molecule has 1 spiro atoms. The molecule has 2 saturated heterocycles. The van der Waals surface area contributed by atoms with Gasteiger partial charge in [0.2, 0.25) is 0 Å². The van der Waals surface area contributed by atoms with Crippen molar-refractivity contribution in [3.8, 4) is 0 Å². The zero-order chi connectivity index (χ0) is 7.03. The lowest BCUT2D eigenvalue weighted by atomic mass is 9.97. The molecule has 0 radical (unpaired) electrons. The van der Waals surface area contributed by atoms with Crippen LogP contribution in [0.2, 0.25) is 0 Å². The minimum atomic E-state index is 0.388. The average Bonchev–Trinajstić information content (AvgIpc) is 2.46. The molecule has 2 aliphatic heterocycles. The van der Waals surface area contributed by atoms with Crippen molar-refractivity contribution in [1.82, 2.24) is 5.32 Å². The summed E-state index contributed by atoms with van der Waals surface area (Å²) >= 11 is 0. The molecule has 0 amide bonds. The summed E-state index contributed by atoms with van der Waals surface area (Å²) in [5.74, 6) is 0. The van der Waals surface area contributed by atoms with Crippen LogP contribution in [0.5, 0.6) is 0 Å². The molecule has 2 aliphatic rings. The number of ether oxygens (including phenoxy) is 1. The van der Waals surface area contributed by atoms with Gasteiger partial charge in [0.1, 0.15) is 0 Å². The molecule has 1 N–H and O–H groups in total. The Hall–Kier alpha value is -0.0800. The first kappa shape index (κ1) is 6.62. The van der Waals surface area contributed by atoms with E-state index in [-0.39, 0.29) is 0 Å². The Morgan fingerprint density at radius 2 is 2.40 bits per heavy atom. The second kappa shape index (κ2) is 2.21. The standard InChI is InChI=1S/C8H15NO/c1-7-2-3-8(9-7)4-5-10-6-8/h7,9H,2-6H2,1H3/t7?,8-/m1/s1. The van der Waals surface area contributed by atoms with E-state index in [0.717, 1.165) is 13.2 Å². The average molecular weight is 141 g/mol. The summed E-state index contributed by atoms with van der Waals surface area (Å²) in [6, 6.07) is 0.710. The fraction of sp³-hybridized carbons (Fsp3) is 1.00. The Kier molecular flexibility index (Phi) is 1.46. The molecule has 2 fully saturated rings. The molecule has 2 heterocycles. The highest BCUT2D eigenvalue weighted by molar-refractivity contribution is 4.98. The summed E-state index contributed by atoms with van der Waals surface area (Å²) in [6.45, 7) is 4.16. The van der Waals surface area contributed by atoms with Crippen molar-refractivity contribution in [3.05, 3.63) is 0 Å². The van der Waals surface area contributed by atoms with Crippen molar-refractivity contribution in [2.24, 2.45) is 0 Å². The summed E-state index contributed by atoms with van der Waals surface area (Å²) in [5, 5.41) is 3.60. The first-order chi connectivity index (χ1) is 4.81. The molecule has 0 aromatic rings. The molecule has 0 aromatic carbocycles. The summed E-state index contributed by atoms with van der Waals surface area (Å²) in [7, 11) is 0. The van der Waals surface area contributed by atoms with Crippen LogP contribution in [0.4, 0.5) is 0 Å². The maximum atomic E-state index is 5.37. The van der Waals surface area contributed by atoms with Gasteiger partial charge in [-0.3, -0.25) is 0 Å². The van der Waals surface area contributed by atoms with Crippen molar-refractivity contribution < 1.29 is 4.74 Å². The van der Waals surface area contributed by atoms with Crippen LogP contribution in [0.25, 0.3) is 0 Å². The van der Waals surface area contributed by atoms with Crippen LogP contribution >= 0.6 is 0 Å². The highest BCUT2D eigenvalue weighted by atomic mass is 16.5. The van der Waals surface area contributed by atoms with Gasteiger partial charge in [0, 0.05) is 18.2 Å².